The molecule has 0 aliphatic rings. The van der Waals surface area contributed by atoms with Crippen LogP contribution in [-0.4, -0.2) is 65.0 Å². The topological polar surface area (TPSA) is 85.4 Å². The first-order valence-corrected chi connectivity index (χ1v) is 11.6. The summed E-state index contributed by atoms with van der Waals surface area (Å²) in [6.45, 7) is 5.47. The lowest BCUT2D eigenvalue weighted by Gasteiger charge is -2.25. The Hall–Kier alpha value is -2.78. The van der Waals surface area contributed by atoms with Crippen molar-refractivity contribution in [2.45, 2.75) is 32.2 Å². The molecule has 9 heteroatoms. The van der Waals surface area contributed by atoms with Crippen LogP contribution in [0.3, 0.4) is 0 Å². The second kappa shape index (κ2) is 10.7. The molecular weight excluding hydrogens is 432 g/mol. The molecule has 0 bridgehead atoms. The number of ether oxygens (including phenoxy) is 3. The number of carbonyl (C=O) groups excluding carboxylic acids is 1. The van der Waals surface area contributed by atoms with Gasteiger partial charge in [0.1, 0.15) is 0 Å². The van der Waals surface area contributed by atoms with E-state index in [1.807, 2.05) is 13.0 Å². The molecule has 0 unspecified atom stereocenters. The van der Waals surface area contributed by atoms with E-state index in [0.29, 0.717) is 22.8 Å². The molecule has 8 nitrogen and oxygen atoms in total. The highest BCUT2D eigenvalue weighted by atomic mass is 32.2. The highest BCUT2D eigenvalue weighted by molar-refractivity contribution is 7.89. The van der Waals surface area contributed by atoms with Crippen LogP contribution in [0.4, 0.5) is 0 Å². The molecule has 0 atom stereocenters. The Balaban J connectivity index is 2.23. The lowest BCUT2D eigenvalue weighted by Crippen LogP contribution is -2.41. The molecule has 0 aliphatic heterocycles. The molecular formula is C23H32N2O6S. The number of amides is 1. The number of hydrogen-bond donors (Lipinski definition) is 0. The quantitative estimate of drug-likeness (QED) is 0.537. The molecule has 0 saturated carbocycles. The zero-order valence-corrected chi connectivity index (χ0v) is 20.6. The Kier molecular flexibility index (Phi) is 8.51. The predicted molar refractivity (Wildman–Crippen MR) is 123 cm³/mol. The van der Waals surface area contributed by atoms with E-state index in [-0.39, 0.29) is 30.4 Å². The molecule has 2 aromatic carbocycles. The first-order chi connectivity index (χ1) is 15.1. The van der Waals surface area contributed by atoms with E-state index >= 15 is 0 Å². The smallest absolute Gasteiger partial charge is 0.243 e. The Morgan fingerprint density at radius 3 is 2.06 bits per heavy atom. The van der Waals surface area contributed by atoms with Crippen molar-refractivity contribution in [2.75, 3.05) is 41.5 Å². The molecule has 1 amide bonds. The van der Waals surface area contributed by atoms with Crippen molar-refractivity contribution in [3.8, 4) is 17.2 Å². The van der Waals surface area contributed by atoms with Gasteiger partial charge in [-0.1, -0.05) is 19.1 Å². The minimum Gasteiger partial charge on any atom is -0.493 e. The summed E-state index contributed by atoms with van der Waals surface area (Å²) in [5, 5.41) is 0. The molecule has 2 rings (SSSR count). The molecule has 0 aromatic heterocycles. The SMILES string of the molecule is CCN(CC(=O)N(C)Cc1cc(OC)c(OC)c(OC)c1)S(=O)(=O)c1cc(C)ccc1C. The fourth-order valence-electron chi connectivity index (χ4n) is 3.35. The molecule has 2 aromatic rings. The van der Waals surface area contributed by atoms with Crippen molar-refractivity contribution in [1.29, 1.82) is 0 Å². The van der Waals surface area contributed by atoms with Gasteiger partial charge in [-0.15, -0.1) is 0 Å². The number of hydrogen-bond acceptors (Lipinski definition) is 6. The number of likely N-dealkylation sites (N-methyl/N-ethyl adjacent to an activating group) is 2. The minimum atomic E-state index is -3.81. The first kappa shape index (κ1) is 25.5. The van der Waals surface area contributed by atoms with Gasteiger partial charge in [-0.25, -0.2) is 8.42 Å². The molecule has 0 aliphatic carbocycles. The Labute approximate surface area is 190 Å². The minimum absolute atomic E-state index is 0.180. The van der Waals surface area contributed by atoms with Crippen LogP contribution in [0.15, 0.2) is 35.2 Å². The zero-order valence-electron chi connectivity index (χ0n) is 19.8. The van der Waals surface area contributed by atoms with Crippen molar-refractivity contribution in [2.24, 2.45) is 0 Å². The summed E-state index contributed by atoms with van der Waals surface area (Å²) in [7, 11) is 2.38. The van der Waals surface area contributed by atoms with Gasteiger partial charge in [0, 0.05) is 20.1 Å². The van der Waals surface area contributed by atoms with Gasteiger partial charge in [0.15, 0.2) is 11.5 Å². The molecule has 32 heavy (non-hydrogen) atoms. The number of carbonyl (C=O) groups is 1. The maximum atomic E-state index is 13.2. The van der Waals surface area contributed by atoms with E-state index in [0.717, 1.165) is 11.1 Å². The number of nitrogens with zero attached hydrogens (tertiary/aromatic N) is 2. The summed E-state index contributed by atoms with van der Waals surface area (Å²) in [6.07, 6.45) is 0. The van der Waals surface area contributed by atoms with Crippen molar-refractivity contribution >= 4 is 15.9 Å². The summed E-state index contributed by atoms with van der Waals surface area (Å²) in [4.78, 5) is 14.6. The molecule has 0 N–H and O–H groups in total. The molecule has 0 heterocycles. The highest BCUT2D eigenvalue weighted by Gasteiger charge is 2.28. The zero-order chi connectivity index (χ0) is 24.1. The van der Waals surface area contributed by atoms with E-state index < -0.39 is 10.0 Å². The van der Waals surface area contributed by atoms with Crippen LogP contribution in [0.5, 0.6) is 17.2 Å². The van der Waals surface area contributed by atoms with Gasteiger partial charge in [0.05, 0.1) is 32.8 Å². The van der Waals surface area contributed by atoms with Gasteiger partial charge in [-0.05, 0) is 48.7 Å². The molecule has 0 fully saturated rings. The number of rotatable bonds is 10. The largest absolute Gasteiger partial charge is 0.493 e. The van der Waals surface area contributed by atoms with Gasteiger partial charge < -0.3 is 19.1 Å². The molecule has 0 saturated heterocycles. The van der Waals surface area contributed by atoms with Gasteiger partial charge in [0.2, 0.25) is 21.7 Å². The lowest BCUT2D eigenvalue weighted by atomic mass is 10.1. The third-order valence-electron chi connectivity index (χ3n) is 5.20. The van der Waals surface area contributed by atoms with E-state index in [1.54, 1.807) is 45.2 Å². The average molecular weight is 465 g/mol. The summed E-state index contributed by atoms with van der Waals surface area (Å²) < 4.78 is 43.6. The van der Waals surface area contributed by atoms with Crippen molar-refractivity contribution in [3.05, 3.63) is 47.0 Å². The normalized spacial score (nSPS) is 11.4. The van der Waals surface area contributed by atoms with Crippen molar-refractivity contribution in [3.63, 3.8) is 0 Å². The summed E-state index contributed by atoms with van der Waals surface area (Å²) in [5.41, 5.74) is 2.25. The van der Waals surface area contributed by atoms with Crippen molar-refractivity contribution < 1.29 is 27.4 Å². The number of sulfonamides is 1. The number of aryl methyl sites for hydroxylation is 2. The van der Waals surface area contributed by atoms with Crippen molar-refractivity contribution in [1.82, 2.24) is 9.21 Å². The van der Waals surface area contributed by atoms with E-state index in [1.165, 1.54) is 30.5 Å². The third-order valence-corrected chi connectivity index (χ3v) is 7.26. The van der Waals surface area contributed by atoms with Crippen LogP contribution >= 0.6 is 0 Å². The van der Waals surface area contributed by atoms with Crippen LogP contribution in [0.1, 0.15) is 23.6 Å². The Morgan fingerprint density at radius 2 is 1.56 bits per heavy atom. The molecule has 176 valence electrons. The van der Waals surface area contributed by atoms with Crippen LogP contribution in [0.2, 0.25) is 0 Å². The molecule has 0 radical (unpaired) electrons. The standard InChI is InChI=1S/C23H32N2O6S/c1-8-25(32(27,28)21-11-16(2)9-10-17(21)3)15-22(26)24(4)14-18-12-19(29-5)23(31-7)20(13-18)30-6/h9-13H,8,14-15H2,1-7H3. The van der Waals surface area contributed by atoms with Crippen LogP contribution in [0, 0.1) is 13.8 Å². The predicted octanol–water partition coefficient (Wildman–Crippen LogP) is 3.00. The second-order valence-corrected chi connectivity index (χ2v) is 9.39. The van der Waals surface area contributed by atoms with Crippen LogP contribution < -0.4 is 14.2 Å². The second-order valence-electron chi connectivity index (χ2n) is 7.48. The maximum absolute atomic E-state index is 13.2. The van der Waals surface area contributed by atoms with Crippen LogP contribution in [-0.2, 0) is 21.4 Å². The summed E-state index contributed by atoms with van der Waals surface area (Å²) >= 11 is 0. The Morgan fingerprint density at radius 1 is 0.969 bits per heavy atom. The van der Waals surface area contributed by atoms with Gasteiger partial charge in [0.25, 0.3) is 0 Å². The monoisotopic (exact) mass is 464 g/mol. The van der Waals surface area contributed by atoms with Gasteiger partial charge in [-0.2, -0.15) is 4.31 Å². The fourth-order valence-corrected chi connectivity index (χ4v) is 5.06. The van der Waals surface area contributed by atoms with E-state index in [2.05, 4.69) is 0 Å². The number of methoxy groups -OCH3 is 3. The Bertz CT molecular complexity index is 1040. The molecule has 0 spiro atoms. The maximum Gasteiger partial charge on any atom is 0.243 e. The first-order valence-electron chi connectivity index (χ1n) is 10.2. The highest BCUT2D eigenvalue weighted by Crippen LogP contribution is 2.38. The lowest BCUT2D eigenvalue weighted by molar-refractivity contribution is -0.130. The summed E-state index contributed by atoms with van der Waals surface area (Å²) in [5.74, 6) is 1.10. The number of benzene rings is 2. The van der Waals surface area contributed by atoms with Crippen LogP contribution in [0.25, 0.3) is 0 Å². The summed E-state index contributed by atoms with van der Waals surface area (Å²) in [6, 6.07) is 8.79. The third kappa shape index (κ3) is 5.52. The fraction of sp³-hybridized carbons (Fsp3) is 0.435. The van der Waals surface area contributed by atoms with Gasteiger partial charge >= 0.3 is 0 Å². The van der Waals surface area contributed by atoms with Gasteiger partial charge in [-0.3, -0.25) is 4.79 Å². The van der Waals surface area contributed by atoms with E-state index in [9.17, 15) is 13.2 Å². The average Bonchev–Trinajstić information content (AvgIpc) is 2.77. The van der Waals surface area contributed by atoms with E-state index in [4.69, 9.17) is 14.2 Å².